The lowest BCUT2D eigenvalue weighted by Gasteiger charge is -2.12. The van der Waals surface area contributed by atoms with Gasteiger partial charge in [0.2, 0.25) is 0 Å². The molecule has 2 rings (SSSR count). The number of hydrogen-bond donors (Lipinski definition) is 2. The summed E-state index contributed by atoms with van der Waals surface area (Å²) < 4.78 is 38.6. The summed E-state index contributed by atoms with van der Waals surface area (Å²) in [6, 6.07) is 4.57. The van der Waals surface area contributed by atoms with Gasteiger partial charge in [-0.1, -0.05) is 25.4 Å². The highest BCUT2D eigenvalue weighted by atomic mass is 35.5. The zero-order chi connectivity index (χ0) is 18.6. The molecule has 0 unspecified atom stereocenters. The van der Waals surface area contributed by atoms with Gasteiger partial charge in [0.1, 0.15) is 17.8 Å². The molecule has 1 aromatic carbocycles. The van der Waals surface area contributed by atoms with Gasteiger partial charge < -0.3 is 10.6 Å². The fraction of sp³-hybridized carbons (Fsp3) is 0.312. The molecule has 9 heteroatoms. The number of aromatic nitrogens is 2. The van der Waals surface area contributed by atoms with Crippen LogP contribution < -0.4 is 10.6 Å². The third kappa shape index (κ3) is 5.32. The van der Waals surface area contributed by atoms with Crippen LogP contribution >= 0.6 is 11.6 Å². The number of nitrogens with one attached hydrogen (secondary N) is 2. The van der Waals surface area contributed by atoms with Crippen molar-refractivity contribution in [2.24, 2.45) is 5.92 Å². The maximum absolute atomic E-state index is 12.9. The van der Waals surface area contributed by atoms with Crippen LogP contribution in [0.3, 0.4) is 0 Å². The second-order valence-corrected chi connectivity index (χ2v) is 6.12. The Hall–Kier alpha value is -2.35. The summed E-state index contributed by atoms with van der Waals surface area (Å²) in [5.41, 5.74) is -1.02. The topological polar surface area (TPSA) is 66.9 Å². The number of rotatable bonds is 5. The Morgan fingerprint density at radius 1 is 1.24 bits per heavy atom. The van der Waals surface area contributed by atoms with Crippen molar-refractivity contribution in [2.75, 3.05) is 17.2 Å². The van der Waals surface area contributed by atoms with E-state index in [-0.39, 0.29) is 11.4 Å². The smallest absolute Gasteiger partial charge is 0.370 e. The van der Waals surface area contributed by atoms with Crippen LogP contribution in [0.15, 0.2) is 30.6 Å². The minimum Gasteiger partial charge on any atom is -0.370 e. The van der Waals surface area contributed by atoms with Crippen LogP contribution in [-0.2, 0) is 6.18 Å². The molecule has 0 aliphatic heterocycles. The van der Waals surface area contributed by atoms with Gasteiger partial charge in [-0.05, 0) is 24.1 Å². The number of benzene rings is 1. The normalized spacial score (nSPS) is 11.5. The first-order valence-electron chi connectivity index (χ1n) is 7.41. The van der Waals surface area contributed by atoms with Crippen molar-refractivity contribution >= 4 is 29.0 Å². The van der Waals surface area contributed by atoms with Crippen molar-refractivity contribution in [1.29, 1.82) is 0 Å². The first-order chi connectivity index (χ1) is 11.7. The van der Waals surface area contributed by atoms with Crippen LogP contribution in [0.4, 0.5) is 24.7 Å². The lowest BCUT2D eigenvalue weighted by molar-refractivity contribution is -0.137. The minimum absolute atomic E-state index is 0.0305. The van der Waals surface area contributed by atoms with Gasteiger partial charge in [0, 0.05) is 18.3 Å². The highest BCUT2D eigenvalue weighted by molar-refractivity contribution is 6.31. The summed E-state index contributed by atoms with van der Waals surface area (Å²) in [6.45, 7) is 4.69. The molecule has 5 nitrogen and oxygen atoms in total. The van der Waals surface area contributed by atoms with E-state index in [1.165, 1.54) is 18.5 Å². The van der Waals surface area contributed by atoms with Gasteiger partial charge in [0.05, 0.1) is 10.6 Å². The highest BCUT2D eigenvalue weighted by Gasteiger charge is 2.33. The molecule has 0 aliphatic carbocycles. The molecule has 1 aromatic heterocycles. The predicted octanol–water partition coefficient (Wildman–Crippen LogP) is 4.47. The lowest BCUT2D eigenvalue weighted by atomic mass is 10.2. The molecule has 0 aliphatic rings. The Morgan fingerprint density at radius 2 is 1.96 bits per heavy atom. The van der Waals surface area contributed by atoms with Crippen LogP contribution in [0, 0.1) is 5.92 Å². The molecular formula is C16H16ClF3N4O. The largest absolute Gasteiger partial charge is 0.417 e. The number of halogens is 4. The van der Waals surface area contributed by atoms with Crippen molar-refractivity contribution in [3.8, 4) is 0 Å². The maximum atomic E-state index is 12.9. The molecule has 0 saturated carbocycles. The number of carbonyl (C=O) groups excluding carboxylic acids is 1. The number of nitrogens with zero attached hydrogens (tertiary/aromatic N) is 2. The molecule has 2 N–H and O–H groups in total. The van der Waals surface area contributed by atoms with E-state index in [0.717, 1.165) is 12.1 Å². The van der Waals surface area contributed by atoms with E-state index < -0.39 is 22.7 Å². The molecule has 0 saturated heterocycles. The van der Waals surface area contributed by atoms with E-state index in [1.54, 1.807) is 0 Å². The zero-order valence-corrected chi connectivity index (χ0v) is 14.2. The average Bonchev–Trinajstić information content (AvgIpc) is 2.54. The summed E-state index contributed by atoms with van der Waals surface area (Å²) >= 11 is 5.55. The van der Waals surface area contributed by atoms with Crippen LogP contribution in [0.2, 0.25) is 5.02 Å². The maximum Gasteiger partial charge on any atom is 0.417 e. The summed E-state index contributed by atoms with van der Waals surface area (Å²) in [7, 11) is 0. The third-order valence-electron chi connectivity index (χ3n) is 3.12. The van der Waals surface area contributed by atoms with Gasteiger partial charge in [0.15, 0.2) is 0 Å². The van der Waals surface area contributed by atoms with Gasteiger partial charge >= 0.3 is 6.18 Å². The molecular weight excluding hydrogens is 357 g/mol. The molecule has 0 spiro atoms. The fourth-order valence-corrected chi connectivity index (χ4v) is 2.13. The van der Waals surface area contributed by atoms with Gasteiger partial charge in [-0.2, -0.15) is 13.2 Å². The highest BCUT2D eigenvalue weighted by Crippen LogP contribution is 2.36. The molecule has 0 fully saturated rings. The fourth-order valence-electron chi connectivity index (χ4n) is 1.90. The van der Waals surface area contributed by atoms with Crippen LogP contribution in [0.5, 0.6) is 0 Å². The SMILES string of the molecule is CC(C)CNc1cc(C(=O)Nc2ccc(Cl)c(C(F)(F)F)c2)ncn1. The molecule has 0 radical (unpaired) electrons. The van der Waals surface area contributed by atoms with Gasteiger partial charge in [0.25, 0.3) is 5.91 Å². The Kier molecular flexibility index (Phi) is 5.84. The summed E-state index contributed by atoms with van der Waals surface area (Å²) in [6.07, 6.45) is -3.40. The zero-order valence-electron chi connectivity index (χ0n) is 13.5. The Morgan fingerprint density at radius 3 is 2.60 bits per heavy atom. The van der Waals surface area contributed by atoms with Crippen molar-refractivity contribution in [3.63, 3.8) is 0 Å². The average molecular weight is 373 g/mol. The van der Waals surface area contributed by atoms with Crippen molar-refractivity contribution in [3.05, 3.63) is 46.9 Å². The van der Waals surface area contributed by atoms with Gasteiger partial charge in [-0.25, -0.2) is 9.97 Å². The number of hydrogen-bond acceptors (Lipinski definition) is 4. The van der Waals surface area contributed by atoms with Crippen LogP contribution in [0.25, 0.3) is 0 Å². The molecule has 134 valence electrons. The molecule has 1 heterocycles. The molecule has 1 amide bonds. The van der Waals surface area contributed by atoms with Crippen LogP contribution in [-0.4, -0.2) is 22.4 Å². The van der Waals surface area contributed by atoms with Gasteiger partial charge in [-0.15, -0.1) is 0 Å². The molecule has 25 heavy (non-hydrogen) atoms. The number of carbonyl (C=O) groups is 1. The first kappa shape index (κ1) is 19.0. The van der Waals surface area contributed by atoms with E-state index in [1.807, 2.05) is 13.8 Å². The van der Waals surface area contributed by atoms with Gasteiger partial charge in [-0.3, -0.25) is 4.79 Å². The second kappa shape index (κ2) is 7.69. The van der Waals surface area contributed by atoms with E-state index in [2.05, 4.69) is 20.6 Å². The van der Waals surface area contributed by atoms with Crippen molar-refractivity contribution < 1.29 is 18.0 Å². The summed E-state index contributed by atoms with van der Waals surface area (Å²) in [5.74, 6) is 0.188. The van der Waals surface area contributed by atoms with Crippen LogP contribution in [0.1, 0.15) is 29.9 Å². The Balaban J connectivity index is 2.16. The first-order valence-corrected chi connectivity index (χ1v) is 7.78. The molecule has 2 aromatic rings. The van der Waals surface area contributed by atoms with E-state index >= 15 is 0 Å². The molecule has 0 atom stereocenters. The van der Waals surface area contributed by atoms with Crippen molar-refractivity contribution in [2.45, 2.75) is 20.0 Å². The summed E-state index contributed by atoms with van der Waals surface area (Å²) in [4.78, 5) is 20.0. The monoisotopic (exact) mass is 372 g/mol. The quantitative estimate of drug-likeness (QED) is 0.812. The lowest BCUT2D eigenvalue weighted by Crippen LogP contribution is -2.16. The van der Waals surface area contributed by atoms with E-state index in [0.29, 0.717) is 18.3 Å². The van der Waals surface area contributed by atoms with E-state index in [9.17, 15) is 18.0 Å². The number of amides is 1. The standard InChI is InChI=1S/C16H16ClF3N4O/c1-9(2)7-21-14-6-13(22-8-23-14)15(25)24-10-3-4-12(17)11(5-10)16(18,19)20/h3-6,8-9H,7H2,1-2H3,(H,24,25)(H,21,22,23). The third-order valence-corrected chi connectivity index (χ3v) is 3.45. The Labute approximate surface area is 147 Å². The predicted molar refractivity (Wildman–Crippen MR) is 89.8 cm³/mol. The number of anilines is 2. The second-order valence-electron chi connectivity index (χ2n) is 5.71. The number of alkyl halides is 3. The minimum atomic E-state index is -4.61. The van der Waals surface area contributed by atoms with Crippen molar-refractivity contribution in [1.82, 2.24) is 9.97 Å². The summed E-state index contributed by atoms with van der Waals surface area (Å²) in [5, 5.41) is 4.98. The van der Waals surface area contributed by atoms with E-state index in [4.69, 9.17) is 11.6 Å². The molecule has 0 bridgehead atoms. The Bertz CT molecular complexity index is 765.